The third-order valence-electron chi connectivity index (χ3n) is 1.33. The van der Waals surface area contributed by atoms with Gasteiger partial charge in [-0.3, -0.25) is 4.98 Å². The Bertz CT molecular complexity index is 214. The van der Waals surface area contributed by atoms with Gasteiger partial charge in [0.1, 0.15) is 0 Å². The molecule has 0 radical (unpaired) electrons. The standard InChI is InChI=1S/C8H10F2N2/c9-8(10)6-11-5-7-3-1-2-4-12-7/h1-4,8,11H,5-6H2. The van der Waals surface area contributed by atoms with E-state index in [0.29, 0.717) is 6.54 Å². The molecule has 12 heavy (non-hydrogen) atoms. The Morgan fingerprint density at radius 3 is 2.83 bits per heavy atom. The molecule has 0 aliphatic heterocycles. The van der Waals surface area contributed by atoms with E-state index >= 15 is 0 Å². The van der Waals surface area contributed by atoms with Crippen molar-refractivity contribution < 1.29 is 8.78 Å². The van der Waals surface area contributed by atoms with Crippen LogP contribution in [0.2, 0.25) is 0 Å². The van der Waals surface area contributed by atoms with Gasteiger partial charge in [0.2, 0.25) is 0 Å². The first-order chi connectivity index (χ1) is 5.79. The van der Waals surface area contributed by atoms with Crippen molar-refractivity contribution in [2.24, 2.45) is 0 Å². The average Bonchev–Trinajstić information content (AvgIpc) is 2.05. The van der Waals surface area contributed by atoms with Gasteiger partial charge in [0, 0.05) is 12.7 Å². The Kier molecular flexibility index (Phi) is 3.60. The predicted octanol–water partition coefficient (Wildman–Crippen LogP) is 1.44. The summed E-state index contributed by atoms with van der Waals surface area (Å²) in [7, 11) is 0. The molecule has 0 saturated carbocycles. The van der Waals surface area contributed by atoms with Crippen LogP contribution in [0.3, 0.4) is 0 Å². The maximum Gasteiger partial charge on any atom is 0.250 e. The molecule has 0 bridgehead atoms. The minimum atomic E-state index is -2.30. The maximum absolute atomic E-state index is 11.7. The fraction of sp³-hybridized carbons (Fsp3) is 0.375. The smallest absolute Gasteiger partial charge is 0.250 e. The number of hydrogen-bond donors (Lipinski definition) is 1. The van der Waals surface area contributed by atoms with E-state index in [2.05, 4.69) is 10.3 Å². The normalized spacial score (nSPS) is 10.6. The van der Waals surface area contributed by atoms with Gasteiger partial charge in [0.05, 0.1) is 12.2 Å². The molecule has 0 saturated heterocycles. The first kappa shape index (κ1) is 9.06. The van der Waals surface area contributed by atoms with E-state index in [1.165, 1.54) is 0 Å². The molecule has 0 aromatic carbocycles. The van der Waals surface area contributed by atoms with Crippen molar-refractivity contribution in [2.45, 2.75) is 13.0 Å². The van der Waals surface area contributed by atoms with E-state index in [9.17, 15) is 8.78 Å². The number of halogens is 2. The van der Waals surface area contributed by atoms with Crippen molar-refractivity contribution in [3.8, 4) is 0 Å². The number of aromatic nitrogens is 1. The van der Waals surface area contributed by atoms with Crippen LogP contribution in [0.15, 0.2) is 24.4 Å². The topological polar surface area (TPSA) is 24.9 Å². The van der Waals surface area contributed by atoms with Crippen LogP contribution < -0.4 is 5.32 Å². The number of rotatable bonds is 4. The summed E-state index contributed by atoms with van der Waals surface area (Å²) in [4.78, 5) is 3.97. The van der Waals surface area contributed by atoms with Crippen LogP contribution in [-0.2, 0) is 6.54 Å². The van der Waals surface area contributed by atoms with Gasteiger partial charge >= 0.3 is 0 Å². The minimum absolute atomic E-state index is 0.281. The summed E-state index contributed by atoms with van der Waals surface area (Å²) in [6.07, 6.45) is -0.659. The Morgan fingerprint density at radius 2 is 2.25 bits per heavy atom. The molecule has 0 spiro atoms. The molecule has 0 aliphatic rings. The quantitative estimate of drug-likeness (QED) is 0.743. The molecular weight excluding hydrogens is 162 g/mol. The van der Waals surface area contributed by atoms with Crippen LogP contribution in [0, 0.1) is 0 Å². The summed E-state index contributed by atoms with van der Waals surface area (Å²) in [5.74, 6) is 0. The highest BCUT2D eigenvalue weighted by Crippen LogP contribution is 1.93. The first-order valence-electron chi connectivity index (χ1n) is 3.68. The van der Waals surface area contributed by atoms with E-state index in [-0.39, 0.29) is 6.54 Å². The van der Waals surface area contributed by atoms with Crippen molar-refractivity contribution in [1.29, 1.82) is 0 Å². The molecule has 66 valence electrons. The molecule has 0 atom stereocenters. The molecule has 2 nitrogen and oxygen atoms in total. The Labute approximate surface area is 69.6 Å². The van der Waals surface area contributed by atoms with Gasteiger partial charge in [0.15, 0.2) is 0 Å². The molecule has 0 fully saturated rings. The van der Waals surface area contributed by atoms with Crippen LogP contribution >= 0.6 is 0 Å². The van der Waals surface area contributed by atoms with Crippen molar-refractivity contribution >= 4 is 0 Å². The van der Waals surface area contributed by atoms with Crippen molar-refractivity contribution in [3.63, 3.8) is 0 Å². The number of hydrogen-bond acceptors (Lipinski definition) is 2. The summed E-state index contributed by atoms with van der Waals surface area (Å²) in [6, 6.07) is 5.40. The van der Waals surface area contributed by atoms with Gasteiger partial charge in [-0.1, -0.05) is 6.07 Å². The van der Waals surface area contributed by atoms with E-state index in [1.807, 2.05) is 6.07 Å². The predicted molar refractivity (Wildman–Crippen MR) is 41.9 cm³/mol. The zero-order chi connectivity index (χ0) is 8.81. The molecule has 4 heteroatoms. The molecule has 1 rings (SSSR count). The second-order valence-corrected chi connectivity index (χ2v) is 2.34. The van der Waals surface area contributed by atoms with Crippen LogP contribution in [0.4, 0.5) is 8.78 Å². The van der Waals surface area contributed by atoms with Crippen LogP contribution in [-0.4, -0.2) is 18.0 Å². The highest BCUT2D eigenvalue weighted by atomic mass is 19.3. The average molecular weight is 172 g/mol. The summed E-state index contributed by atoms with van der Waals surface area (Å²) in [5.41, 5.74) is 0.776. The molecule has 0 amide bonds. The van der Waals surface area contributed by atoms with Crippen molar-refractivity contribution in [1.82, 2.24) is 10.3 Å². The van der Waals surface area contributed by atoms with Gasteiger partial charge in [0.25, 0.3) is 6.43 Å². The second kappa shape index (κ2) is 4.77. The molecule has 1 aromatic heterocycles. The van der Waals surface area contributed by atoms with E-state index in [1.54, 1.807) is 18.3 Å². The molecule has 1 N–H and O–H groups in total. The minimum Gasteiger partial charge on any atom is -0.306 e. The van der Waals surface area contributed by atoms with E-state index in [4.69, 9.17) is 0 Å². The largest absolute Gasteiger partial charge is 0.306 e. The molecule has 1 heterocycles. The van der Waals surface area contributed by atoms with Crippen molar-refractivity contribution in [2.75, 3.05) is 6.54 Å². The molecule has 0 unspecified atom stereocenters. The fourth-order valence-corrected chi connectivity index (χ4v) is 0.812. The number of nitrogens with one attached hydrogen (secondary N) is 1. The van der Waals surface area contributed by atoms with Gasteiger partial charge in [-0.05, 0) is 12.1 Å². The lowest BCUT2D eigenvalue weighted by molar-refractivity contribution is 0.145. The lowest BCUT2D eigenvalue weighted by Crippen LogP contribution is -2.20. The van der Waals surface area contributed by atoms with Gasteiger partial charge in [-0.25, -0.2) is 8.78 Å². The number of nitrogens with zero attached hydrogens (tertiary/aromatic N) is 1. The van der Waals surface area contributed by atoms with Crippen LogP contribution in [0.25, 0.3) is 0 Å². The summed E-state index contributed by atoms with van der Waals surface area (Å²) < 4.78 is 23.3. The number of alkyl halides is 2. The van der Waals surface area contributed by atoms with Gasteiger partial charge < -0.3 is 5.32 Å². The maximum atomic E-state index is 11.7. The third kappa shape index (κ3) is 3.39. The van der Waals surface area contributed by atoms with Crippen LogP contribution in [0.5, 0.6) is 0 Å². The Hall–Kier alpha value is -1.03. The molecule has 0 aliphatic carbocycles. The first-order valence-corrected chi connectivity index (χ1v) is 3.68. The Balaban J connectivity index is 2.25. The summed E-state index contributed by atoms with van der Waals surface area (Å²) in [6.45, 7) is 0.113. The van der Waals surface area contributed by atoms with Crippen LogP contribution in [0.1, 0.15) is 5.69 Å². The SMILES string of the molecule is FC(F)CNCc1ccccn1. The monoisotopic (exact) mass is 172 g/mol. The fourth-order valence-electron chi connectivity index (χ4n) is 0.812. The van der Waals surface area contributed by atoms with Gasteiger partial charge in [-0.2, -0.15) is 0 Å². The summed E-state index contributed by atoms with van der Waals surface area (Å²) in [5, 5.41) is 2.59. The molecular formula is C8H10F2N2. The Morgan fingerprint density at radius 1 is 1.42 bits per heavy atom. The highest BCUT2D eigenvalue weighted by molar-refractivity contribution is 5.02. The second-order valence-electron chi connectivity index (χ2n) is 2.34. The third-order valence-corrected chi connectivity index (χ3v) is 1.33. The number of pyridine rings is 1. The van der Waals surface area contributed by atoms with Gasteiger partial charge in [-0.15, -0.1) is 0 Å². The lowest BCUT2D eigenvalue weighted by atomic mass is 10.3. The molecule has 1 aromatic rings. The zero-order valence-corrected chi connectivity index (χ0v) is 6.50. The van der Waals surface area contributed by atoms with E-state index in [0.717, 1.165) is 5.69 Å². The van der Waals surface area contributed by atoms with E-state index < -0.39 is 6.43 Å². The van der Waals surface area contributed by atoms with Crippen molar-refractivity contribution in [3.05, 3.63) is 30.1 Å². The zero-order valence-electron chi connectivity index (χ0n) is 6.50. The summed E-state index contributed by atoms with van der Waals surface area (Å²) >= 11 is 0. The highest BCUT2D eigenvalue weighted by Gasteiger charge is 2.00. The lowest BCUT2D eigenvalue weighted by Gasteiger charge is -2.01.